The second-order valence-electron chi connectivity index (χ2n) is 0.669. The molecule has 8 heavy (non-hydrogen) atoms. The van der Waals surface area contributed by atoms with Gasteiger partial charge in [0, 0.05) is 0 Å². The van der Waals surface area contributed by atoms with E-state index in [1.54, 1.807) is 0 Å². The van der Waals surface area contributed by atoms with Crippen molar-refractivity contribution in [3.05, 3.63) is 0 Å². The van der Waals surface area contributed by atoms with E-state index in [1.165, 1.54) is 0 Å². The van der Waals surface area contributed by atoms with Crippen LogP contribution in [-0.2, 0) is 0 Å². The van der Waals surface area contributed by atoms with Gasteiger partial charge in [0.15, 0.2) is 0 Å². The van der Waals surface area contributed by atoms with Crippen LogP contribution in [-0.4, -0.2) is 12.9 Å². The third-order valence-corrected chi connectivity index (χ3v) is 0.190. The number of hydrogen-bond acceptors (Lipinski definition) is 0. The van der Waals surface area contributed by atoms with Crippen molar-refractivity contribution < 1.29 is 123 Å². The van der Waals surface area contributed by atoms with Gasteiger partial charge in [-0.25, -0.2) is 17.6 Å². The average Bonchev–Trinajstić information content (AvgIpc) is 1.36. The predicted octanol–water partition coefficient (Wildman–Crippen LogP) is -4.25. The summed E-state index contributed by atoms with van der Waals surface area (Å²) >= 11 is 0. The maximum absolute atomic E-state index is 10.4. The van der Waals surface area contributed by atoms with Gasteiger partial charge in [0.05, 0.1) is 0 Å². The van der Waals surface area contributed by atoms with E-state index >= 15 is 0 Å². The van der Waals surface area contributed by atoms with Gasteiger partial charge in [-0.2, -0.15) is 0 Å². The topological polar surface area (TPSA) is 0 Å². The van der Waals surface area contributed by atoms with Crippen LogP contribution in [0.3, 0.4) is 0 Å². The minimum Gasteiger partial charge on any atom is -1.00 e. The van der Waals surface area contributed by atoms with E-state index < -0.39 is 12.9 Å². The van der Waals surface area contributed by atoms with Gasteiger partial charge in [-0.15, -0.1) is 0 Å². The Bertz CT molecular complexity index is 40.2. The van der Waals surface area contributed by atoms with Crippen LogP contribution < -0.4 is 103 Å². The monoisotopic (exact) mass is 182 g/mol. The molecule has 0 aromatic heterocycles. The summed E-state index contributed by atoms with van der Waals surface area (Å²) in [4.78, 5) is 0. The summed E-state index contributed by atoms with van der Waals surface area (Å²) < 4.78 is 41.6. The van der Waals surface area contributed by atoms with E-state index in [0.29, 0.717) is 0 Å². The second kappa shape index (κ2) is 9.99. The molecule has 0 spiro atoms. The van der Waals surface area contributed by atoms with Gasteiger partial charge >= 0.3 is 103 Å². The quantitative estimate of drug-likeness (QED) is 0.285. The van der Waals surface area contributed by atoms with Gasteiger partial charge in [0.1, 0.15) is 0 Å². The Kier molecular flexibility index (Phi) is 21.5. The Balaban J connectivity index is -0.0000000208. The first kappa shape index (κ1) is 17.2. The van der Waals surface area contributed by atoms with Crippen molar-refractivity contribution in [1.82, 2.24) is 0 Å². The van der Waals surface area contributed by atoms with E-state index in [1.807, 2.05) is 0 Å². The zero-order chi connectivity index (χ0) is 5.15. The molecular weight excluding hydrogens is 178 g/mol. The van der Waals surface area contributed by atoms with Crippen LogP contribution in [0.2, 0.25) is 0 Å². The summed E-state index contributed by atoms with van der Waals surface area (Å²) in [6, 6.07) is 0. The second-order valence-corrected chi connectivity index (χ2v) is 0.669. The third-order valence-electron chi connectivity index (χ3n) is 0.190. The van der Waals surface area contributed by atoms with Gasteiger partial charge in [0.25, 0.3) is 12.9 Å². The van der Waals surface area contributed by atoms with Crippen molar-refractivity contribution >= 4 is 0 Å². The van der Waals surface area contributed by atoms with Gasteiger partial charge < -0.3 is 2.85 Å². The van der Waals surface area contributed by atoms with E-state index in [9.17, 15) is 17.6 Å². The van der Waals surface area contributed by atoms with E-state index in [0.717, 1.165) is 0 Å². The van der Waals surface area contributed by atoms with E-state index in [4.69, 9.17) is 0 Å². The number of rotatable bonds is 1. The molecule has 0 N–H and O–H groups in total. The molecule has 0 atom stereocenters. The van der Waals surface area contributed by atoms with E-state index in [2.05, 4.69) is 0 Å². The smallest absolute Gasteiger partial charge is 1.00 e. The standard InChI is InChI=1S/C2H2F4.2K.2H/c3-1(4)2(5)6;;;;/h1-2H;;;;/q;2*+1;2*-1. The van der Waals surface area contributed by atoms with Gasteiger partial charge in [-0.1, -0.05) is 0 Å². The molecule has 0 aliphatic rings. The van der Waals surface area contributed by atoms with Gasteiger partial charge in [-0.3, -0.25) is 0 Å². The zero-order valence-corrected chi connectivity index (χ0v) is 10.9. The first-order chi connectivity index (χ1) is 2.64. The Morgan fingerprint density at radius 1 is 0.750 bits per heavy atom. The summed E-state index contributed by atoms with van der Waals surface area (Å²) in [6.07, 6.45) is -6.96. The molecule has 0 amide bonds. The van der Waals surface area contributed by atoms with Crippen LogP contribution in [0.4, 0.5) is 17.6 Å². The molecule has 0 saturated heterocycles. The fraction of sp³-hybridized carbons (Fsp3) is 1.00. The Labute approximate surface area is 133 Å². The average molecular weight is 182 g/mol. The molecule has 0 aliphatic heterocycles. The normalized spacial score (nSPS) is 8.25. The molecule has 42 valence electrons. The number of alkyl halides is 4. The van der Waals surface area contributed by atoms with E-state index in [-0.39, 0.29) is 106 Å². The molecule has 0 aliphatic carbocycles. The first-order valence-corrected chi connectivity index (χ1v) is 1.21. The minimum atomic E-state index is -3.48. The molecule has 0 bridgehead atoms. The fourth-order valence-electron chi connectivity index (χ4n) is 0. The van der Waals surface area contributed by atoms with Crippen molar-refractivity contribution in [2.75, 3.05) is 0 Å². The Hall–Kier alpha value is 2.99. The van der Waals surface area contributed by atoms with Crippen molar-refractivity contribution in [1.29, 1.82) is 0 Å². The van der Waals surface area contributed by atoms with Crippen molar-refractivity contribution in [3.63, 3.8) is 0 Å². The zero-order valence-electron chi connectivity index (χ0n) is 6.67. The predicted molar refractivity (Wildman–Crippen MR) is 14.2 cm³/mol. The molecule has 0 fully saturated rings. The van der Waals surface area contributed by atoms with Crippen molar-refractivity contribution in [2.24, 2.45) is 0 Å². The number of hydrogen-bond donors (Lipinski definition) is 0. The molecule has 0 nitrogen and oxygen atoms in total. The van der Waals surface area contributed by atoms with Crippen LogP contribution in [0.5, 0.6) is 0 Å². The van der Waals surface area contributed by atoms with Gasteiger partial charge in [-0.05, 0) is 0 Å². The third kappa shape index (κ3) is 11.7. The SMILES string of the molecule is FC(F)C(F)F.[H-].[H-].[K+].[K+]. The van der Waals surface area contributed by atoms with Crippen LogP contribution in [0, 0.1) is 0 Å². The molecule has 0 saturated carbocycles. The first-order valence-electron chi connectivity index (χ1n) is 1.21. The van der Waals surface area contributed by atoms with Crippen LogP contribution in [0.1, 0.15) is 2.85 Å². The molecule has 0 radical (unpaired) electrons. The van der Waals surface area contributed by atoms with Crippen LogP contribution >= 0.6 is 0 Å². The molecule has 0 heterocycles. The van der Waals surface area contributed by atoms with Crippen molar-refractivity contribution in [3.8, 4) is 0 Å². The Morgan fingerprint density at radius 3 is 0.875 bits per heavy atom. The molecule has 0 aromatic carbocycles. The molecule has 0 aromatic rings. The Morgan fingerprint density at radius 2 is 0.875 bits per heavy atom. The fourth-order valence-corrected chi connectivity index (χ4v) is 0. The van der Waals surface area contributed by atoms with Crippen LogP contribution in [0.25, 0.3) is 0 Å². The van der Waals surface area contributed by atoms with Crippen molar-refractivity contribution in [2.45, 2.75) is 12.9 Å². The molecular formula is C2H4F4K2. The number of halogens is 4. The summed E-state index contributed by atoms with van der Waals surface area (Å²) in [5, 5.41) is 0. The van der Waals surface area contributed by atoms with Gasteiger partial charge in [0.2, 0.25) is 0 Å². The molecule has 6 heteroatoms. The maximum atomic E-state index is 10.4. The maximum Gasteiger partial charge on any atom is 1.00 e. The molecule has 0 unspecified atom stereocenters. The summed E-state index contributed by atoms with van der Waals surface area (Å²) in [5.74, 6) is 0. The minimum absolute atomic E-state index is 0. The van der Waals surface area contributed by atoms with Crippen LogP contribution in [0.15, 0.2) is 0 Å². The molecule has 0 rings (SSSR count). The summed E-state index contributed by atoms with van der Waals surface area (Å²) in [7, 11) is 0. The summed E-state index contributed by atoms with van der Waals surface area (Å²) in [6.45, 7) is 0. The largest absolute Gasteiger partial charge is 1.00 e. The summed E-state index contributed by atoms with van der Waals surface area (Å²) in [5.41, 5.74) is 0.